The lowest BCUT2D eigenvalue weighted by Gasteiger charge is -2.24. The molecule has 9 heteroatoms. The zero-order valence-corrected chi connectivity index (χ0v) is 23.5. The number of benzene rings is 3. The number of hydrogen-bond acceptors (Lipinski definition) is 8. The van der Waals surface area contributed by atoms with E-state index in [9.17, 15) is 4.79 Å². The molecule has 208 valence electrons. The Balaban J connectivity index is 1.57. The SMILES string of the molecule is COc1ccccc1N(C(=O)Oc1c(C)cccc1C)c1ccnc(Nc2ccc(OCCCN(C)C)cc2)n1. The third-order valence-electron chi connectivity index (χ3n) is 6.11. The molecule has 4 aromatic rings. The van der Waals surface area contributed by atoms with Gasteiger partial charge in [-0.3, -0.25) is 0 Å². The number of ether oxygens (including phenoxy) is 3. The molecule has 0 aliphatic rings. The Morgan fingerprint density at radius 1 is 0.925 bits per heavy atom. The summed E-state index contributed by atoms with van der Waals surface area (Å²) in [6, 6.07) is 22.1. The van der Waals surface area contributed by atoms with Crippen LogP contribution in [-0.4, -0.2) is 55.3 Å². The minimum atomic E-state index is -0.623. The molecule has 0 unspecified atom stereocenters. The summed E-state index contributed by atoms with van der Waals surface area (Å²) in [5.74, 6) is 2.42. The van der Waals surface area contributed by atoms with E-state index in [1.54, 1.807) is 31.5 Å². The smallest absolute Gasteiger partial charge is 0.425 e. The summed E-state index contributed by atoms with van der Waals surface area (Å²) in [6.45, 7) is 5.41. The molecule has 0 aliphatic carbocycles. The van der Waals surface area contributed by atoms with Crippen molar-refractivity contribution in [3.05, 3.63) is 90.1 Å². The standard InChI is InChI=1S/C31H35N5O4/c1-22-10-8-11-23(2)29(22)40-31(37)36(26-12-6-7-13-27(26)38-5)28-18-19-32-30(34-28)33-24-14-16-25(17-15-24)39-21-9-20-35(3)4/h6-8,10-19H,9,20-21H2,1-5H3,(H,32,33,34). The van der Waals surface area contributed by atoms with E-state index < -0.39 is 6.09 Å². The van der Waals surface area contributed by atoms with Gasteiger partial charge in [-0.1, -0.05) is 30.3 Å². The topological polar surface area (TPSA) is 89.0 Å². The summed E-state index contributed by atoms with van der Waals surface area (Å²) >= 11 is 0. The van der Waals surface area contributed by atoms with Gasteiger partial charge in [-0.05, 0) is 81.9 Å². The molecule has 1 heterocycles. The highest BCUT2D eigenvalue weighted by Gasteiger charge is 2.26. The fraction of sp³-hybridized carbons (Fsp3) is 0.258. The molecule has 1 aromatic heterocycles. The third kappa shape index (κ3) is 7.27. The van der Waals surface area contributed by atoms with Crippen LogP contribution < -0.4 is 24.4 Å². The predicted molar refractivity (Wildman–Crippen MR) is 157 cm³/mol. The van der Waals surface area contributed by atoms with Gasteiger partial charge in [-0.25, -0.2) is 14.7 Å². The first-order valence-corrected chi connectivity index (χ1v) is 13.0. The number of methoxy groups -OCH3 is 1. The molecule has 0 saturated heterocycles. The lowest BCUT2D eigenvalue weighted by Crippen LogP contribution is -2.30. The zero-order valence-electron chi connectivity index (χ0n) is 23.5. The number of hydrogen-bond donors (Lipinski definition) is 1. The van der Waals surface area contributed by atoms with E-state index in [1.165, 1.54) is 4.90 Å². The van der Waals surface area contributed by atoms with Gasteiger partial charge < -0.3 is 24.4 Å². The number of nitrogens with one attached hydrogen (secondary N) is 1. The van der Waals surface area contributed by atoms with Gasteiger partial charge in [0.2, 0.25) is 5.95 Å². The highest BCUT2D eigenvalue weighted by atomic mass is 16.6. The van der Waals surface area contributed by atoms with Crippen LogP contribution in [-0.2, 0) is 0 Å². The van der Waals surface area contributed by atoms with Crippen LogP contribution in [0.25, 0.3) is 0 Å². The van der Waals surface area contributed by atoms with Crippen molar-refractivity contribution in [2.75, 3.05) is 44.6 Å². The molecule has 40 heavy (non-hydrogen) atoms. The summed E-state index contributed by atoms with van der Waals surface area (Å²) < 4.78 is 17.3. The second kappa shape index (κ2) is 13.4. The molecule has 9 nitrogen and oxygen atoms in total. The Labute approximate surface area is 235 Å². The van der Waals surface area contributed by atoms with Crippen molar-refractivity contribution < 1.29 is 19.0 Å². The molecular weight excluding hydrogens is 506 g/mol. The Morgan fingerprint density at radius 2 is 1.65 bits per heavy atom. The van der Waals surface area contributed by atoms with Crippen LogP contribution in [0.3, 0.4) is 0 Å². The van der Waals surface area contributed by atoms with Crippen LogP contribution in [0.5, 0.6) is 17.2 Å². The molecule has 4 rings (SSSR count). The summed E-state index contributed by atoms with van der Waals surface area (Å²) in [5.41, 5.74) is 2.97. The molecule has 1 amide bonds. The third-order valence-corrected chi connectivity index (χ3v) is 6.11. The molecule has 0 radical (unpaired) electrons. The molecule has 0 bridgehead atoms. The van der Waals surface area contributed by atoms with Crippen LogP contribution in [0.2, 0.25) is 0 Å². The summed E-state index contributed by atoms with van der Waals surface area (Å²) in [4.78, 5) is 26.2. The lowest BCUT2D eigenvalue weighted by molar-refractivity contribution is 0.209. The Bertz CT molecular complexity index is 1410. The van der Waals surface area contributed by atoms with Gasteiger partial charge in [-0.15, -0.1) is 0 Å². The first-order valence-electron chi connectivity index (χ1n) is 13.0. The number of nitrogens with zero attached hydrogens (tertiary/aromatic N) is 4. The van der Waals surface area contributed by atoms with Crippen LogP contribution in [0.4, 0.5) is 27.9 Å². The van der Waals surface area contributed by atoms with Crippen molar-refractivity contribution >= 4 is 29.2 Å². The van der Waals surface area contributed by atoms with Crippen molar-refractivity contribution in [3.63, 3.8) is 0 Å². The molecule has 0 fully saturated rings. The highest BCUT2D eigenvalue weighted by molar-refractivity contribution is 5.98. The van der Waals surface area contributed by atoms with Gasteiger partial charge in [0.05, 0.1) is 19.4 Å². The molecule has 3 aromatic carbocycles. The van der Waals surface area contributed by atoms with Crippen molar-refractivity contribution in [1.29, 1.82) is 0 Å². The maximum absolute atomic E-state index is 13.7. The van der Waals surface area contributed by atoms with Crippen molar-refractivity contribution in [2.24, 2.45) is 0 Å². The molecular formula is C31H35N5O4. The van der Waals surface area contributed by atoms with Gasteiger partial charge in [0.1, 0.15) is 23.1 Å². The van der Waals surface area contributed by atoms with E-state index in [-0.39, 0.29) is 0 Å². The van der Waals surface area contributed by atoms with Gasteiger partial charge in [0.25, 0.3) is 0 Å². The summed E-state index contributed by atoms with van der Waals surface area (Å²) in [5, 5.41) is 3.20. The van der Waals surface area contributed by atoms with E-state index in [0.29, 0.717) is 35.6 Å². The number of amides is 1. The molecule has 1 N–H and O–H groups in total. The number of carbonyl (C=O) groups excluding carboxylic acids is 1. The number of aryl methyl sites for hydroxylation is 2. The number of aromatic nitrogens is 2. The van der Waals surface area contributed by atoms with E-state index in [1.807, 2.05) is 82.5 Å². The fourth-order valence-electron chi connectivity index (χ4n) is 4.09. The zero-order chi connectivity index (χ0) is 28.5. The normalized spacial score (nSPS) is 10.8. The van der Waals surface area contributed by atoms with E-state index in [0.717, 1.165) is 35.5 Å². The second-order valence-corrected chi connectivity index (χ2v) is 9.49. The minimum absolute atomic E-state index is 0.317. The largest absolute Gasteiger partial charge is 0.495 e. The average molecular weight is 542 g/mol. The van der Waals surface area contributed by atoms with Gasteiger partial charge in [0, 0.05) is 24.5 Å². The molecule has 0 aliphatic heterocycles. The number of para-hydroxylation sites is 3. The monoisotopic (exact) mass is 541 g/mol. The number of rotatable bonds is 11. The highest BCUT2D eigenvalue weighted by Crippen LogP contribution is 2.35. The molecule has 0 saturated carbocycles. The second-order valence-electron chi connectivity index (χ2n) is 9.49. The van der Waals surface area contributed by atoms with E-state index in [4.69, 9.17) is 14.2 Å². The van der Waals surface area contributed by atoms with E-state index in [2.05, 4.69) is 20.2 Å². The average Bonchev–Trinajstić information content (AvgIpc) is 2.95. The Kier molecular flexibility index (Phi) is 9.53. The van der Waals surface area contributed by atoms with Gasteiger partial charge in [-0.2, -0.15) is 4.98 Å². The quantitative estimate of drug-likeness (QED) is 0.215. The van der Waals surface area contributed by atoms with Crippen LogP contribution in [0.1, 0.15) is 17.5 Å². The Hall–Kier alpha value is -4.63. The number of carbonyl (C=O) groups is 1. The van der Waals surface area contributed by atoms with Crippen molar-refractivity contribution in [1.82, 2.24) is 14.9 Å². The van der Waals surface area contributed by atoms with Crippen LogP contribution in [0, 0.1) is 13.8 Å². The maximum Gasteiger partial charge on any atom is 0.425 e. The van der Waals surface area contributed by atoms with Crippen molar-refractivity contribution in [2.45, 2.75) is 20.3 Å². The number of anilines is 4. The van der Waals surface area contributed by atoms with Crippen LogP contribution in [0.15, 0.2) is 79.0 Å². The summed E-state index contributed by atoms with van der Waals surface area (Å²) in [6.07, 6.45) is 1.91. The van der Waals surface area contributed by atoms with Crippen LogP contribution >= 0.6 is 0 Å². The Morgan fingerprint density at radius 3 is 2.35 bits per heavy atom. The lowest BCUT2D eigenvalue weighted by atomic mass is 10.1. The molecule has 0 spiro atoms. The summed E-state index contributed by atoms with van der Waals surface area (Å²) in [7, 11) is 5.64. The van der Waals surface area contributed by atoms with Crippen molar-refractivity contribution in [3.8, 4) is 17.2 Å². The fourth-order valence-corrected chi connectivity index (χ4v) is 4.09. The minimum Gasteiger partial charge on any atom is -0.495 e. The van der Waals surface area contributed by atoms with Gasteiger partial charge >= 0.3 is 6.09 Å². The maximum atomic E-state index is 13.7. The van der Waals surface area contributed by atoms with Gasteiger partial charge in [0.15, 0.2) is 0 Å². The van der Waals surface area contributed by atoms with E-state index >= 15 is 0 Å². The first-order chi connectivity index (χ1) is 19.4. The first kappa shape index (κ1) is 28.4. The predicted octanol–water partition coefficient (Wildman–Crippen LogP) is 6.51. The molecule has 0 atom stereocenters.